The van der Waals surface area contributed by atoms with Crippen LogP contribution in [0.1, 0.15) is 34.7 Å². The fraction of sp³-hybridized carbons (Fsp3) is 0.278. The Morgan fingerprint density at radius 3 is 2.62 bits per heavy atom. The SMILES string of the molecule is CC(=O)c1cc(C(=O)O[C@H](C)C(=O)Nc2ccc3c(c2)OCO3)n(C)c1. The van der Waals surface area contributed by atoms with Gasteiger partial charge in [0.2, 0.25) is 6.79 Å². The predicted octanol–water partition coefficient (Wildman–Crippen LogP) is 2.14. The second-order valence-electron chi connectivity index (χ2n) is 5.89. The summed E-state index contributed by atoms with van der Waals surface area (Å²) in [5.41, 5.74) is 1.09. The number of esters is 1. The van der Waals surface area contributed by atoms with Gasteiger partial charge in [-0.2, -0.15) is 0 Å². The first kappa shape index (κ1) is 17.5. The molecular weight excluding hydrogens is 340 g/mol. The topological polar surface area (TPSA) is 95.9 Å². The molecule has 26 heavy (non-hydrogen) atoms. The summed E-state index contributed by atoms with van der Waals surface area (Å²) in [7, 11) is 1.63. The van der Waals surface area contributed by atoms with Crippen molar-refractivity contribution >= 4 is 23.3 Å². The number of nitrogens with zero attached hydrogens (tertiary/aromatic N) is 1. The lowest BCUT2D eigenvalue weighted by atomic mass is 10.2. The Bertz CT molecular complexity index is 886. The average molecular weight is 358 g/mol. The lowest BCUT2D eigenvalue weighted by Crippen LogP contribution is -2.30. The van der Waals surface area contributed by atoms with Gasteiger partial charge in [0.1, 0.15) is 5.69 Å². The molecule has 0 saturated carbocycles. The number of carbonyl (C=O) groups is 3. The molecule has 1 aromatic heterocycles. The first-order valence-electron chi connectivity index (χ1n) is 7.94. The number of anilines is 1. The van der Waals surface area contributed by atoms with Crippen LogP contribution in [0.15, 0.2) is 30.5 Å². The van der Waals surface area contributed by atoms with E-state index >= 15 is 0 Å². The molecule has 1 N–H and O–H groups in total. The van der Waals surface area contributed by atoms with E-state index in [1.54, 1.807) is 25.2 Å². The van der Waals surface area contributed by atoms with Crippen molar-refractivity contribution in [2.45, 2.75) is 20.0 Å². The van der Waals surface area contributed by atoms with Gasteiger partial charge in [0, 0.05) is 30.6 Å². The van der Waals surface area contributed by atoms with Crippen molar-refractivity contribution in [2.75, 3.05) is 12.1 Å². The number of nitrogens with one attached hydrogen (secondary N) is 1. The molecule has 2 aromatic rings. The number of fused-ring (bicyclic) bond motifs is 1. The van der Waals surface area contributed by atoms with Crippen LogP contribution in [0.25, 0.3) is 0 Å². The van der Waals surface area contributed by atoms with Crippen LogP contribution in [-0.2, 0) is 16.6 Å². The number of aryl methyl sites for hydroxylation is 1. The molecule has 8 heteroatoms. The smallest absolute Gasteiger partial charge is 0.355 e. The minimum absolute atomic E-state index is 0.139. The highest BCUT2D eigenvalue weighted by atomic mass is 16.7. The van der Waals surface area contributed by atoms with Crippen LogP contribution in [0, 0.1) is 0 Å². The van der Waals surface area contributed by atoms with Crippen LogP contribution in [-0.4, -0.2) is 35.1 Å². The number of Topliss-reactive ketones (excluding diaryl/α,β-unsaturated/α-hetero) is 1. The maximum atomic E-state index is 12.3. The van der Waals surface area contributed by atoms with Gasteiger partial charge in [-0.15, -0.1) is 0 Å². The molecule has 1 aliphatic rings. The predicted molar refractivity (Wildman–Crippen MR) is 91.5 cm³/mol. The van der Waals surface area contributed by atoms with E-state index in [2.05, 4.69) is 5.32 Å². The maximum absolute atomic E-state index is 12.3. The van der Waals surface area contributed by atoms with Crippen molar-refractivity contribution in [2.24, 2.45) is 7.05 Å². The van der Waals surface area contributed by atoms with Gasteiger partial charge in [-0.05, 0) is 32.0 Å². The zero-order valence-electron chi connectivity index (χ0n) is 14.6. The summed E-state index contributed by atoms with van der Waals surface area (Å²) in [6, 6.07) is 6.41. The van der Waals surface area contributed by atoms with Crippen LogP contribution in [0.3, 0.4) is 0 Å². The molecule has 0 saturated heterocycles. The zero-order valence-corrected chi connectivity index (χ0v) is 14.6. The van der Waals surface area contributed by atoms with Crippen molar-refractivity contribution in [1.29, 1.82) is 0 Å². The standard InChI is InChI=1S/C18H18N2O6/c1-10(21)12-6-14(20(3)8-12)18(23)26-11(2)17(22)19-13-4-5-15-16(7-13)25-9-24-15/h4-8,11H,9H2,1-3H3,(H,19,22)/t11-/m1/s1. The molecule has 2 heterocycles. The van der Waals surface area contributed by atoms with Gasteiger partial charge in [-0.25, -0.2) is 4.79 Å². The third kappa shape index (κ3) is 3.53. The second kappa shape index (κ2) is 6.91. The molecule has 1 aromatic carbocycles. The Hall–Kier alpha value is -3.29. The minimum Gasteiger partial charge on any atom is -0.454 e. The summed E-state index contributed by atoms with van der Waals surface area (Å²) < 4.78 is 17.1. The molecule has 136 valence electrons. The van der Waals surface area contributed by atoms with Crippen LogP contribution in [0.5, 0.6) is 11.5 Å². The summed E-state index contributed by atoms with van der Waals surface area (Å²) in [4.78, 5) is 35.9. The molecule has 1 atom stereocenters. The third-order valence-corrected chi connectivity index (χ3v) is 3.91. The quantitative estimate of drug-likeness (QED) is 0.650. The van der Waals surface area contributed by atoms with Crippen molar-refractivity contribution in [1.82, 2.24) is 4.57 Å². The van der Waals surface area contributed by atoms with E-state index in [0.29, 0.717) is 22.7 Å². The summed E-state index contributed by atoms with van der Waals surface area (Å²) >= 11 is 0. The number of benzene rings is 1. The summed E-state index contributed by atoms with van der Waals surface area (Å²) in [5, 5.41) is 2.65. The Balaban J connectivity index is 1.63. The van der Waals surface area contributed by atoms with E-state index in [1.807, 2.05) is 0 Å². The third-order valence-electron chi connectivity index (χ3n) is 3.91. The summed E-state index contributed by atoms with van der Waals surface area (Å²) in [6.45, 7) is 3.01. The fourth-order valence-electron chi connectivity index (χ4n) is 2.45. The van der Waals surface area contributed by atoms with Crippen molar-refractivity contribution in [3.8, 4) is 11.5 Å². The van der Waals surface area contributed by atoms with Crippen LogP contribution in [0.4, 0.5) is 5.69 Å². The highest BCUT2D eigenvalue weighted by Gasteiger charge is 2.22. The van der Waals surface area contributed by atoms with Gasteiger partial charge in [0.05, 0.1) is 0 Å². The van der Waals surface area contributed by atoms with E-state index in [9.17, 15) is 14.4 Å². The molecule has 0 bridgehead atoms. The Kier molecular flexibility index (Phi) is 4.66. The molecule has 0 fully saturated rings. The first-order chi connectivity index (χ1) is 12.3. The van der Waals surface area contributed by atoms with Gasteiger partial charge in [-0.1, -0.05) is 0 Å². The molecule has 3 rings (SSSR count). The largest absolute Gasteiger partial charge is 0.454 e. The molecule has 0 unspecified atom stereocenters. The van der Waals surface area contributed by atoms with E-state index < -0.39 is 18.0 Å². The minimum atomic E-state index is -1.02. The first-order valence-corrected chi connectivity index (χ1v) is 7.94. The number of hydrogen-bond donors (Lipinski definition) is 1. The second-order valence-corrected chi connectivity index (χ2v) is 5.89. The Labute approximate surface area is 149 Å². The number of aromatic nitrogens is 1. The lowest BCUT2D eigenvalue weighted by Gasteiger charge is -2.14. The van der Waals surface area contributed by atoms with E-state index in [-0.39, 0.29) is 18.3 Å². The lowest BCUT2D eigenvalue weighted by molar-refractivity contribution is -0.123. The average Bonchev–Trinajstić information content (AvgIpc) is 3.20. The molecular formula is C18H18N2O6. The number of ether oxygens (including phenoxy) is 3. The number of hydrogen-bond acceptors (Lipinski definition) is 6. The highest BCUT2D eigenvalue weighted by Crippen LogP contribution is 2.34. The van der Waals surface area contributed by atoms with Crippen molar-refractivity contribution in [3.05, 3.63) is 41.7 Å². The fourth-order valence-corrected chi connectivity index (χ4v) is 2.45. The van der Waals surface area contributed by atoms with Crippen LogP contribution >= 0.6 is 0 Å². The highest BCUT2D eigenvalue weighted by molar-refractivity contribution is 5.99. The van der Waals surface area contributed by atoms with Gasteiger partial charge in [-0.3, -0.25) is 9.59 Å². The van der Waals surface area contributed by atoms with Gasteiger partial charge in [0.25, 0.3) is 5.91 Å². The van der Waals surface area contributed by atoms with E-state index in [0.717, 1.165) is 0 Å². The van der Waals surface area contributed by atoms with E-state index in [4.69, 9.17) is 14.2 Å². The molecule has 0 radical (unpaired) electrons. The van der Waals surface area contributed by atoms with E-state index in [1.165, 1.54) is 30.7 Å². The number of ketones is 1. The van der Waals surface area contributed by atoms with Crippen molar-refractivity contribution in [3.63, 3.8) is 0 Å². The maximum Gasteiger partial charge on any atom is 0.355 e. The molecule has 0 aliphatic carbocycles. The number of amides is 1. The number of carbonyl (C=O) groups excluding carboxylic acids is 3. The van der Waals surface area contributed by atoms with Gasteiger partial charge in [0.15, 0.2) is 23.4 Å². The summed E-state index contributed by atoms with van der Waals surface area (Å²) in [6.07, 6.45) is 0.514. The normalized spacial score (nSPS) is 13.2. The summed E-state index contributed by atoms with van der Waals surface area (Å²) in [5.74, 6) is -0.194. The molecule has 8 nitrogen and oxygen atoms in total. The molecule has 1 amide bonds. The monoisotopic (exact) mass is 358 g/mol. The van der Waals surface area contributed by atoms with Gasteiger partial charge < -0.3 is 24.1 Å². The number of rotatable bonds is 5. The Morgan fingerprint density at radius 1 is 1.19 bits per heavy atom. The Morgan fingerprint density at radius 2 is 1.92 bits per heavy atom. The molecule has 1 aliphatic heterocycles. The van der Waals surface area contributed by atoms with Crippen LogP contribution in [0.2, 0.25) is 0 Å². The molecule has 0 spiro atoms. The van der Waals surface area contributed by atoms with Crippen LogP contribution < -0.4 is 14.8 Å². The van der Waals surface area contributed by atoms with Gasteiger partial charge >= 0.3 is 5.97 Å². The van der Waals surface area contributed by atoms with Crippen molar-refractivity contribution < 1.29 is 28.6 Å². The zero-order chi connectivity index (χ0) is 18.8.